The van der Waals surface area contributed by atoms with Crippen molar-refractivity contribution in [3.05, 3.63) is 70.6 Å². The molecule has 0 aliphatic carbocycles. The summed E-state index contributed by atoms with van der Waals surface area (Å²) in [5, 5.41) is 9.39. The molecule has 2 aromatic carbocycles. The first-order valence-electron chi connectivity index (χ1n) is 11.3. The Hall–Kier alpha value is -2.77. The van der Waals surface area contributed by atoms with Crippen LogP contribution in [0.15, 0.2) is 53.5 Å². The van der Waals surface area contributed by atoms with Gasteiger partial charge in [-0.2, -0.15) is 0 Å². The molecule has 0 saturated carbocycles. The fourth-order valence-electron chi connectivity index (χ4n) is 4.25. The zero-order valence-electron chi connectivity index (χ0n) is 18.4. The number of halogens is 1. The Morgan fingerprint density at radius 2 is 2.09 bits per heavy atom. The van der Waals surface area contributed by atoms with E-state index in [1.807, 2.05) is 24.3 Å². The highest BCUT2D eigenvalue weighted by atomic mass is 32.1. The van der Waals surface area contributed by atoms with E-state index in [4.69, 9.17) is 9.98 Å². The van der Waals surface area contributed by atoms with Crippen molar-refractivity contribution in [3.63, 3.8) is 0 Å². The van der Waals surface area contributed by atoms with Crippen molar-refractivity contribution in [1.29, 1.82) is 0 Å². The van der Waals surface area contributed by atoms with Crippen LogP contribution in [0.1, 0.15) is 43.9 Å². The van der Waals surface area contributed by atoms with E-state index in [-0.39, 0.29) is 7.24 Å². The standard InChI is InChI=1S/C25H28FN5S.H2/c1-16(2)24-30-22-23(28-20-8-3-4-9-21(20)29-25(22)32-24)31-13-12-27-19(15-31)11-10-17-6-5-7-18(26)14-17;/h3-9,14,16,19,27,29H,10-13,15H2,1-2H3;1H/t19-;/m0./s1. The second-order valence-corrected chi connectivity index (χ2v) is 9.76. The molecule has 2 aliphatic rings. The topological polar surface area (TPSA) is 52.6 Å². The fraction of sp³-hybridized carbons (Fsp3) is 0.360. The van der Waals surface area contributed by atoms with Gasteiger partial charge in [-0.15, -0.1) is 11.3 Å². The number of benzene rings is 2. The number of piperazine rings is 1. The van der Waals surface area contributed by atoms with Gasteiger partial charge < -0.3 is 15.5 Å². The molecule has 1 aromatic heterocycles. The average Bonchev–Trinajstić information content (AvgIpc) is 3.14. The first-order chi connectivity index (χ1) is 15.6. The van der Waals surface area contributed by atoms with E-state index in [9.17, 15) is 4.39 Å². The summed E-state index contributed by atoms with van der Waals surface area (Å²) >= 11 is 1.72. The maximum atomic E-state index is 13.5. The lowest BCUT2D eigenvalue weighted by Gasteiger charge is -2.35. The molecule has 3 aromatic rings. The summed E-state index contributed by atoms with van der Waals surface area (Å²) in [7, 11) is 0. The van der Waals surface area contributed by atoms with Crippen LogP contribution in [-0.4, -0.2) is 41.4 Å². The Kier molecular flexibility index (Phi) is 5.93. The zero-order chi connectivity index (χ0) is 22.1. The third kappa shape index (κ3) is 4.40. The molecule has 32 heavy (non-hydrogen) atoms. The summed E-state index contributed by atoms with van der Waals surface area (Å²) in [6.45, 7) is 6.97. The smallest absolute Gasteiger partial charge is 0.158 e. The van der Waals surface area contributed by atoms with Gasteiger partial charge >= 0.3 is 0 Å². The molecule has 5 rings (SSSR count). The van der Waals surface area contributed by atoms with Crippen molar-refractivity contribution in [1.82, 2.24) is 15.2 Å². The third-order valence-corrected chi connectivity index (χ3v) is 7.22. The number of thiazole rings is 1. The minimum Gasteiger partial charge on any atom is -0.352 e. The molecular formula is C25H30FN5S. The molecule has 1 saturated heterocycles. The van der Waals surface area contributed by atoms with Gasteiger partial charge in [-0.05, 0) is 42.7 Å². The number of fused-ring (bicyclic) bond motifs is 2. The Morgan fingerprint density at radius 3 is 2.94 bits per heavy atom. The SMILES string of the molecule is CC(C)c1nc2c(s1)Nc1ccccc1N=C2N1CCN[C@@H](CCc2cccc(F)c2)C1.[HH]. The van der Waals surface area contributed by atoms with Crippen LogP contribution in [0.3, 0.4) is 0 Å². The van der Waals surface area contributed by atoms with E-state index in [0.29, 0.717) is 12.0 Å². The molecule has 0 spiro atoms. The van der Waals surface area contributed by atoms with E-state index in [1.165, 1.54) is 6.07 Å². The minimum absolute atomic E-state index is 0. The van der Waals surface area contributed by atoms with E-state index in [2.05, 4.69) is 35.4 Å². The maximum absolute atomic E-state index is 13.5. The molecular weight excluding hydrogens is 421 g/mol. The van der Waals surface area contributed by atoms with Crippen LogP contribution >= 0.6 is 11.3 Å². The first-order valence-corrected chi connectivity index (χ1v) is 12.1. The number of nitrogens with zero attached hydrogens (tertiary/aromatic N) is 3. The highest BCUT2D eigenvalue weighted by molar-refractivity contribution is 7.16. The molecule has 0 amide bonds. The van der Waals surface area contributed by atoms with E-state index >= 15 is 0 Å². The predicted octanol–water partition coefficient (Wildman–Crippen LogP) is 5.69. The number of para-hydroxylation sites is 2. The predicted molar refractivity (Wildman–Crippen MR) is 132 cm³/mol. The van der Waals surface area contributed by atoms with Crippen molar-refractivity contribution in [2.45, 2.75) is 38.6 Å². The Balaban J connectivity index is 0.00000259. The Labute approximate surface area is 193 Å². The summed E-state index contributed by atoms with van der Waals surface area (Å²) in [5.74, 6) is 1.14. The molecule has 1 fully saturated rings. The maximum Gasteiger partial charge on any atom is 0.158 e. The molecule has 0 unspecified atom stereocenters. The van der Waals surface area contributed by atoms with Gasteiger partial charge in [0.05, 0.1) is 16.4 Å². The highest BCUT2D eigenvalue weighted by Crippen LogP contribution is 2.39. The number of anilines is 2. The van der Waals surface area contributed by atoms with Gasteiger partial charge in [-0.25, -0.2) is 14.4 Å². The van der Waals surface area contributed by atoms with E-state index in [0.717, 1.165) is 71.0 Å². The number of aryl methyl sites for hydroxylation is 1. The van der Waals surface area contributed by atoms with Crippen molar-refractivity contribution in [2.75, 3.05) is 25.0 Å². The number of aliphatic imine (C=N–C) groups is 1. The largest absolute Gasteiger partial charge is 0.352 e. The van der Waals surface area contributed by atoms with Gasteiger partial charge in [-0.3, -0.25) is 0 Å². The molecule has 0 bridgehead atoms. The van der Waals surface area contributed by atoms with Gasteiger partial charge in [-0.1, -0.05) is 38.1 Å². The molecule has 3 heterocycles. The summed E-state index contributed by atoms with van der Waals surface area (Å²) < 4.78 is 13.5. The third-order valence-electron chi connectivity index (χ3n) is 5.95. The van der Waals surface area contributed by atoms with Crippen LogP contribution in [-0.2, 0) is 6.42 Å². The summed E-state index contributed by atoms with van der Waals surface area (Å²) in [6.07, 6.45) is 1.79. The number of rotatable bonds is 4. The van der Waals surface area contributed by atoms with Crippen molar-refractivity contribution in [3.8, 4) is 0 Å². The van der Waals surface area contributed by atoms with E-state index < -0.39 is 0 Å². The Morgan fingerprint density at radius 1 is 1.22 bits per heavy atom. The lowest BCUT2D eigenvalue weighted by molar-refractivity contribution is 0.282. The molecule has 168 valence electrons. The number of hydrogen-bond donors (Lipinski definition) is 2. The van der Waals surface area contributed by atoms with Crippen molar-refractivity contribution in [2.24, 2.45) is 4.99 Å². The lowest BCUT2D eigenvalue weighted by atomic mass is 10.0. The monoisotopic (exact) mass is 451 g/mol. The van der Waals surface area contributed by atoms with Crippen LogP contribution in [0.5, 0.6) is 0 Å². The van der Waals surface area contributed by atoms with Gasteiger partial charge in [0.2, 0.25) is 0 Å². The zero-order valence-corrected chi connectivity index (χ0v) is 19.3. The summed E-state index contributed by atoms with van der Waals surface area (Å²) in [6, 6.07) is 15.4. The molecule has 5 nitrogen and oxygen atoms in total. The average molecular weight is 452 g/mol. The second kappa shape index (κ2) is 9.00. The molecule has 2 aliphatic heterocycles. The second-order valence-electron chi connectivity index (χ2n) is 8.73. The van der Waals surface area contributed by atoms with Crippen LogP contribution in [0, 0.1) is 5.82 Å². The first kappa shape index (κ1) is 21.1. The number of hydrogen-bond acceptors (Lipinski definition) is 6. The molecule has 7 heteroatoms. The fourth-order valence-corrected chi connectivity index (χ4v) is 5.23. The quantitative estimate of drug-likeness (QED) is 0.535. The van der Waals surface area contributed by atoms with Gasteiger partial charge in [0.1, 0.15) is 16.5 Å². The molecule has 0 radical (unpaired) electrons. The van der Waals surface area contributed by atoms with Crippen LogP contribution < -0.4 is 10.6 Å². The van der Waals surface area contributed by atoms with Gasteiger partial charge in [0.25, 0.3) is 0 Å². The van der Waals surface area contributed by atoms with Crippen molar-refractivity contribution >= 4 is 33.5 Å². The minimum atomic E-state index is -0.170. The normalized spacial score (nSPS) is 17.9. The van der Waals surface area contributed by atoms with Crippen LogP contribution in [0.2, 0.25) is 0 Å². The van der Waals surface area contributed by atoms with Crippen LogP contribution in [0.25, 0.3) is 0 Å². The number of nitrogens with one attached hydrogen (secondary N) is 2. The highest BCUT2D eigenvalue weighted by Gasteiger charge is 2.29. The summed E-state index contributed by atoms with van der Waals surface area (Å²) in [5.41, 5.74) is 3.94. The summed E-state index contributed by atoms with van der Waals surface area (Å²) in [4.78, 5) is 12.4. The van der Waals surface area contributed by atoms with E-state index in [1.54, 1.807) is 23.5 Å². The van der Waals surface area contributed by atoms with Crippen molar-refractivity contribution < 1.29 is 5.82 Å². The Bertz CT molecular complexity index is 1150. The van der Waals surface area contributed by atoms with Crippen LogP contribution in [0.4, 0.5) is 20.8 Å². The van der Waals surface area contributed by atoms with Gasteiger partial charge in [0, 0.05) is 33.0 Å². The number of amidine groups is 1. The lowest BCUT2D eigenvalue weighted by Crippen LogP contribution is -2.53. The molecule has 2 N–H and O–H groups in total. The number of aromatic nitrogens is 1. The van der Waals surface area contributed by atoms with Gasteiger partial charge in [0.15, 0.2) is 5.84 Å². The molecule has 1 atom stereocenters.